The first-order valence-corrected chi connectivity index (χ1v) is 3.06. The van der Waals surface area contributed by atoms with E-state index in [1.165, 1.54) is 12.8 Å². The van der Waals surface area contributed by atoms with Gasteiger partial charge in [-0.1, -0.05) is 0 Å². The van der Waals surface area contributed by atoms with Crippen molar-refractivity contribution in [3.63, 3.8) is 0 Å². The number of rotatable bonds is 0. The molecule has 0 amide bonds. The Morgan fingerprint density at radius 3 is 2.75 bits per heavy atom. The van der Waals surface area contributed by atoms with Crippen LogP contribution < -0.4 is 5.32 Å². The normalized spacial score (nSPS) is 29.1. The van der Waals surface area contributed by atoms with Gasteiger partial charge in [-0.25, -0.2) is 0 Å². The molecule has 1 saturated heterocycles. The Hall–Kier alpha value is -0.550. The molecule has 2 nitrogen and oxygen atoms in total. The molecule has 0 spiro atoms. The van der Waals surface area contributed by atoms with Gasteiger partial charge in [-0.05, 0) is 25.8 Å². The van der Waals surface area contributed by atoms with E-state index in [0.29, 0.717) is 0 Å². The zero-order valence-electron chi connectivity index (χ0n) is 4.85. The van der Waals surface area contributed by atoms with Crippen LogP contribution in [0.15, 0.2) is 0 Å². The van der Waals surface area contributed by atoms with E-state index in [1.807, 2.05) is 0 Å². The fourth-order valence-electron chi connectivity index (χ4n) is 0.962. The van der Waals surface area contributed by atoms with E-state index in [9.17, 15) is 0 Å². The van der Waals surface area contributed by atoms with Crippen molar-refractivity contribution < 1.29 is 0 Å². The quantitative estimate of drug-likeness (QED) is 0.497. The van der Waals surface area contributed by atoms with Gasteiger partial charge >= 0.3 is 0 Å². The molecular formula is C6H10N2. The lowest BCUT2D eigenvalue weighted by atomic mass is 10.1. The lowest BCUT2D eigenvalue weighted by Crippen LogP contribution is -2.32. The molecule has 1 atom stereocenters. The summed E-state index contributed by atoms with van der Waals surface area (Å²) in [5.41, 5.74) is 0. The zero-order chi connectivity index (χ0) is 5.82. The van der Waals surface area contributed by atoms with E-state index in [4.69, 9.17) is 5.26 Å². The van der Waals surface area contributed by atoms with E-state index in [-0.39, 0.29) is 6.04 Å². The van der Waals surface area contributed by atoms with Crippen LogP contribution in [-0.4, -0.2) is 12.6 Å². The zero-order valence-corrected chi connectivity index (χ0v) is 4.85. The fraction of sp³-hybridized carbons (Fsp3) is 0.833. The number of nitrogens with one attached hydrogen (secondary N) is 1. The summed E-state index contributed by atoms with van der Waals surface area (Å²) >= 11 is 0. The highest BCUT2D eigenvalue weighted by atomic mass is 14.9. The largest absolute Gasteiger partial charge is 0.302 e. The van der Waals surface area contributed by atoms with Crippen LogP contribution in [0.2, 0.25) is 0 Å². The first kappa shape index (κ1) is 5.58. The van der Waals surface area contributed by atoms with Gasteiger partial charge in [0.2, 0.25) is 0 Å². The third-order valence-corrected chi connectivity index (χ3v) is 1.47. The van der Waals surface area contributed by atoms with Crippen molar-refractivity contribution in [1.29, 1.82) is 5.26 Å². The van der Waals surface area contributed by atoms with Crippen molar-refractivity contribution in [3.8, 4) is 6.07 Å². The maximum absolute atomic E-state index is 8.38. The average molecular weight is 110 g/mol. The molecule has 1 fully saturated rings. The monoisotopic (exact) mass is 110 g/mol. The Labute approximate surface area is 49.5 Å². The van der Waals surface area contributed by atoms with E-state index in [1.54, 1.807) is 0 Å². The van der Waals surface area contributed by atoms with E-state index in [2.05, 4.69) is 11.4 Å². The number of nitriles is 1. The summed E-state index contributed by atoms with van der Waals surface area (Å²) in [6.07, 6.45) is 3.49. The van der Waals surface area contributed by atoms with Gasteiger partial charge in [0, 0.05) is 0 Å². The summed E-state index contributed by atoms with van der Waals surface area (Å²) in [5, 5.41) is 11.5. The van der Waals surface area contributed by atoms with Crippen LogP contribution >= 0.6 is 0 Å². The smallest absolute Gasteiger partial charge is 0.0953 e. The maximum atomic E-state index is 8.38. The minimum Gasteiger partial charge on any atom is -0.302 e. The van der Waals surface area contributed by atoms with Crippen molar-refractivity contribution >= 4 is 0 Å². The van der Waals surface area contributed by atoms with Crippen LogP contribution in [0, 0.1) is 11.3 Å². The molecule has 0 radical (unpaired) electrons. The molecule has 1 heterocycles. The summed E-state index contributed by atoms with van der Waals surface area (Å²) < 4.78 is 0. The summed E-state index contributed by atoms with van der Waals surface area (Å²) in [4.78, 5) is 0. The highest BCUT2D eigenvalue weighted by Gasteiger charge is 2.09. The van der Waals surface area contributed by atoms with E-state index in [0.717, 1.165) is 13.0 Å². The predicted octanol–water partition coefficient (Wildman–Crippen LogP) is 0.652. The molecule has 1 rings (SSSR count). The van der Waals surface area contributed by atoms with Crippen LogP contribution in [0.25, 0.3) is 0 Å². The molecule has 0 unspecified atom stereocenters. The number of nitrogens with zero attached hydrogens (tertiary/aromatic N) is 1. The van der Waals surface area contributed by atoms with Crippen LogP contribution in [0.1, 0.15) is 19.3 Å². The molecule has 0 bridgehead atoms. The summed E-state index contributed by atoms with van der Waals surface area (Å²) in [5.74, 6) is 0. The molecule has 0 aromatic rings. The van der Waals surface area contributed by atoms with Crippen LogP contribution in [-0.2, 0) is 0 Å². The third kappa shape index (κ3) is 1.21. The highest BCUT2D eigenvalue weighted by Crippen LogP contribution is 2.04. The Kier molecular flexibility index (Phi) is 1.87. The van der Waals surface area contributed by atoms with Gasteiger partial charge in [0.15, 0.2) is 0 Å². The second-order valence-corrected chi connectivity index (χ2v) is 2.13. The third-order valence-electron chi connectivity index (χ3n) is 1.47. The molecule has 44 valence electrons. The predicted molar refractivity (Wildman–Crippen MR) is 31.3 cm³/mol. The van der Waals surface area contributed by atoms with Crippen LogP contribution in [0.4, 0.5) is 0 Å². The Bertz CT molecular complexity index is 97.6. The standard InChI is InChI=1S/C6H10N2/c7-5-6-3-1-2-4-8-6/h6,8H,1-4H2/t6-/m0/s1. The van der Waals surface area contributed by atoms with Crippen molar-refractivity contribution in [2.45, 2.75) is 25.3 Å². The summed E-state index contributed by atoms with van der Waals surface area (Å²) in [6.45, 7) is 1.03. The van der Waals surface area contributed by atoms with Crippen molar-refractivity contribution in [2.75, 3.05) is 6.54 Å². The first-order chi connectivity index (χ1) is 3.93. The Balaban J connectivity index is 2.25. The van der Waals surface area contributed by atoms with Gasteiger partial charge in [0.25, 0.3) is 0 Å². The highest BCUT2D eigenvalue weighted by molar-refractivity contribution is 4.91. The van der Waals surface area contributed by atoms with Gasteiger partial charge in [-0.2, -0.15) is 5.26 Å². The van der Waals surface area contributed by atoms with Crippen molar-refractivity contribution in [1.82, 2.24) is 5.32 Å². The lowest BCUT2D eigenvalue weighted by molar-refractivity contribution is 0.461. The first-order valence-electron chi connectivity index (χ1n) is 3.06. The molecule has 1 aliphatic rings. The number of piperidine rings is 1. The minimum atomic E-state index is 0.142. The lowest BCUT2D eigenvalue weighted by Gasteiger charge is -2.15. The number of hydrogen-bond acceptors (Lipinski definition) is 2. The molecule has 0 aromatic heterocycles. The van der Waals surface area contributed by atoms with Gasteiger partial charge in [0.05, 0.1) is 12.1 Å². The van der Waals surface area contributed by atoms with E-state index >= 15 is 0 Å². The molecular weight excluding hydrogens is 100 g/mol. The average Bonchev–Trinajstić information content (AvgIpc) is 1.90. The Morgan fingerprint density at radius 2 is 2.38 bits per heavy atom. The summed E-state index contributed by atoms with van der Waals surface area (Å²) in [6, 6.07) is 2.34. The van der Waals surface area contributed by atoms with Gasteiger partial charge in [-0.3, -0.25) is 0 Å². The molecule has 1 N–H and O–H groups in total. The van der Waals surface area contributed by atoms with E-state index < -0.39 is 0 Å². The molecule has 2 heteroatoms. The van der Waals surface area contributed by atoms with Gasteiger partial charge in [-0.15, -0.1) is 0 Å². The van der Waals surface area contributed by atoms with Crippen molar-refractivity contribution in [3.05, 3.63) is 0 Å². The second kappa shape index (κ2) is 2.68. The second-order valence-electron chi connectivity index (χ2n) is 2.13. The SMILES string of the molecule is N#C[C@@H]1CCCCN1. The molecule has 0 aromatic carbocycles. The van der Waals surface area contributed by atoms with Gasteiger partial charge < -0.3 is 5.32 Å². The maximum Gasteiger partial charge on any atom is 0.0953 e. The van der Waals surface area contributed by atoms with Crippen molar-refractivity contribution in [2.24, 2.45) is 0 Å². The van der Waals surface area contributed by atoms with Gasteiger partial charge in [0.1, 0.15) is 0 Å². The molecule has 8 heavy (non-hydrogen) atoms. The molecule has 1 aliphatic heterocycles. The molecule has 0 aliphatic carbocycles. The fourth-order valence-corrected chi connectivity index (χ4v) is 0.962. The minimum absolute atomic E-state index is 0.142. The molecule has 0 saturated carbocycles. The topological polar surface area (TPSA) is 35.8 Å². The number of hydrogen-bond donors (Lipinski definition) is 1. The summed E-state index contributed by atoms with van der Waals surface area (Å²) in [7, 11) is 0. The van der Waals surface area contributed by atoms with Crippen LogP contribution in [0.5, 0.6) is 0 Å². The van der Waals surface area contributed by atoms with Crippen LogP contribution in [0.3, 0.4) is 0 Å². The Morgan fingerprint density at radius 1 is 1.50 bits per heavy atom.